The molecule has 0 spiro atoms. The van der Waals surface area contributed by atoms with E-state index in [0.717, 1.165) is 27.9 Å². The van der Waals surface area contributed by atoms with Gasteiger partial charge in [0.1, 0.15) is 0 Å². The molecule has 0 aliphatic rings. The van der Waals surface area contributed by atoms with Gasteiger partial charge in [-0.2, -0.15) is 0 Å². The number of amides is 1. The molecule has 1 aromatic heterocycles. The smallest absolute Gasteiger partial charge is 0.252 e. The summed E-state index contributed by atoms with van der Waals surface area (Å²) in [6, 6.07) is 9.80. The maximum absolute atomic E-state index is 13.2. The van der Waals surface area contributed by atoms with E-state index < -0.39 is 0 Å². The molecule has 164 valence electrons. The molecule has 0 bridgehead atoms. The van der Waals surface area contributed by atoms with Crippen molar-refractivity contribution in [3.8, 4) is 11.5 Å². The van der Waals surface area contributed by atoms with Gasteiger partial charge < -0.3 is 14.4 Å². The van der Waals surface area contributed by atoms with Crippen molar-refractivity contribution in [3.05, 3.63) is 53.1 Å². The van der Waals surface area contributed by atoms with Gasteiger partial charge >= 0.3 is 0 Å². The predicted molar refractivity (Wildman–Crippen MR) is 129 cm³/mol. The summed E-state index contributed by atoms with van der Waals surface area (Å²) >= 11 is 1.55. The van der Waals surface area contributed by atoms with Gasteiger partial charge in [-0.1, -0.05) is 23.5 Å². The van der Waals surface area contributed by atoms with E-state index in [9.17, 15) is 4.79 Å². The highest BCUT2D eigenvalue weighted by Gasteiger charge is 2.19. The zero-order valence-electron chi connectivity index (χ0n) is 18.9. The van der Waals surface area contributed by atoms with Gasteiger partial charge in [0, 0.05) is 19.2 Å². The second-order valence-electron chi connectivity index (χ2n) is 7.67. The molecule has 0 aliphatic heterocycles. The summed E-state index contributed by atoms with van der Waals surface area (Å²) in [7, 11) is 7.18. The van der Waals surface area contributed by atoms with Gasteiger partial charge in [0.25, 0.3) is 5.91 Å². The van der Waals surface area contributed by atoms with Crippen LogP contribution >= 0.6 is 11.3 Å². The lowest BCUT2D eigenvalue weighted by Gasteiger charge is -2.20. The lowest BCUT2D eigenvalue weighted by Crippen LogP contribution is -2.35. The zero-order valence-corrected chi connectivity index (χ0v) is 19.7. The number of fused-ring (bicyclic) bond motifs is 1. The number of ether oxygens (including phenoxy) is 2. The summed E-state index contributed by atoms with van der Waals surface area (Å²) < 4.78 is 11.7. The van der Waals surface area contributed by atoms with E-state index in [1.165, 1.54) is 5.56 Å². The molecule has 3 aromatic rings. The summed E-state index contributed by atoms with van der Waals surface area (Å²) in [5, 5.41) is 0.715. The third kappa shape index (κ3) is 5.42. The van der Waals surface area contributed by atoms with Crippen LogP contribution < -0.4 is 14.4 Å². The number of rotatable bonds is 8. The number of aryl methyl sites for hydroxylation is 2. The highest BCUT2D eigenvalue weighted by atomic mass is 32.1. The highest BCUT2D eigenvalue weighted by Crippen LogP contribution is 2.32. The minimum Gasteiger partial charge on any atom is -0.493 e. The van der Waals surface area contributed by atoms with E-state index in [-0.39, 0.29) is 5.91 Å². The second kappa shape index (κ2) is 9.94. The molecule has 7 heteroatoms. The number of carbonyl (C=O) groups is 1. The van der Waals surface area contributed by atoms with E-state index >= 15 is 0 Å². The summed E-state index contributed by atoms with van der Waals surface area (Å²) in [6.07, 6.45) is 3.37. The Kier molecular flexibility index (Phi) is 7.30. The third-order valence-corrected chi connectivity index (χ3v) is 5.94. The van der Waals surface area contributed by atoms with Crippen LogP contribution in [0.2, 0.25) is 0 Å². The van der Waals surface area contributed by atoms with Crippen LogP contribution in [0.4, 0.5) is 5.13 Å². The van der Waals surface area contributed by atoms with E-state index in [2.05, 4.69) is 30.9 Å². The molecule has 0 radical (unpaired) electrons. The Bertz CT molecular complexity index is 1100. The van der Waals surface area contributed by atoms with Crippen LogP contribution in [0.1, 0.15) is 16.7 Å². The minimum atomic E-state index is -0.106. The molecule has 0 saturated carbocycles. The van der Waals surface area contributed by atoms with Crippen LogP contribution in [0.3, 0.4) is 0 Å². The van der Waals surface area contributed by atoms with E-state index in [0.29, 0.717) is 23.2 Å². The summed E-state index contributed by atoms with van der Waals surface area (Å²) in [5.74, 6) is 1.17. The van der Waals surface area contributed by atoms with Crippen molar-refractivity contribution in [2.24, 2.45) is 0 Å². The minimum absolute atomic E-state index is 0.106. The Morgan fingerprint density at radius 1 is 1.06 bits per heavy atom. The van der Waals surface area contributed by atoms with Gasteiger partial charge in [0.05, 0.1) is 24.4 Å². The predicted octanol–water partition coefficient (Wildman–Crippen LogP) is 4.54. The number of benzene rings is 2. The first kappa shape index (κ1) is 22.8. The molecule has 0 atom stereocenters. The fourth-order valence-electron chi connectivity index (χ4n) is 3.29. The molecule has 3 rings (SSSR count). The Hall–Kier alpha value is -2.90. The van der Waals surface area contributed by atoms with E-state index in [4.69, 9.17) is 14.5 Å². The Balaban J connectivity index is 1.90. The van der Waals surface area contributed by atoms with Crippen molar-refractivity contribution >= 4 is 38.7 Å². The van der Waals surface area contributed by atoms with Crippen molar-refractivity contribution in [2.75, 3.05) is 46.3 Å². The van der Waals surface area contributed by atoms with Crippen LogP contribution in [-0.2, 0) is 4.79 Å². The molecule has 1 heterocycles. The average molecular weight is 440 g/mol. The first-order chi connectivity index (χ1) is 14.8. The molecule has 0 unspecified atom stereocenters. The van der Waals surface area contributed by atoms with Gasteiger partial charge in [-0.15, -0.1) is 0 Å². The maximum Gasteiger partial charge on any atom is 0.252 e. The number of hydrogen-bond donors (Lipinski definition) is 0. The fraction of sp³-hybridized carbons (Fsp3) is 0.333. The van der Waals surface area contributed by atoms with Crippen molar-refractivity contribution in [1.29, 1.82) is 0 Å². The number of methoxy groups -OCH3 is 2. The first-order valence-corrected chi connectivity index (χ1v) is 10.9. The number of likely N-dealkylation sites (N-methyl/N-ethyl adjacent to an activating group) is 1. The number of anilines is 1. The van der Waals surface area contributed by atoms with Crippen LogP contribution in [0.15, 0.2) is 36.4 Å². The van der Waals surface area contributed by atoms with Crippen LogP contribution in [-0.4, -0.2) is 57.2 Å². The number of hydrogen-bond acceptors (Lipinski definition) is 6. The molecule has 0 saturated heterocycles. The van der Waals surface area contributed by atoms with E-state index in [1.807, 2.05) is 32.3 Å². The Morgan fingerprint density at radius 2 is 1.81 bits per heavy atom. The fourth-order valence-corrected chi connectivity index (χ4v) is 4.46. The molecule has 2 aromatic carbocycles. The molecule has 31 heavy (non-hydrogen) atoms. The van der Waals surface area contributed by atoms with E-state index in [1.54, 1.807) is 42.6 Å². The molecular weight excluding hydrogens is 410 g/mol. The second-order valence-corrected chi connectivity index (χ2v) is 8.68. The van der Waals surface area contributed by atoms with Gasteiger partial charge in [-0.05, 0) is 68.9 Å². The molecule has 6 nitrogen and oxygen atoms in total. The van der Waals surface area contributed by atoms with Crippen LogP contribution in [0.25, 0.3) is 16.3 Å². The zero-order chi connectivity index (χ0) is 22.5. The third-order valence-electron chi connectivity index (χ3n) is 4.91. The topological polar surface area (TPSA) is 54.9 Å². The first-order valence-electron chi connectivity index (χ1n) is 10.1. The van der Waals surface area contributed by atoms with Crippen molar-refractivity contribution in [2.45, 2.75) is 13.8 Å². The number of thiazole rings is 1. The highest BCUT2D eigenvalue weighted by molar-refractivity contribution is 7.22. The number of nitrogens with zero attached hydrogens (tertiary/aromatic N) is 3. The summed E-state index contributed by atoms with van der Waals surface area (Å²) in [4.78, 5) is 21.8. The Morgan fingerprint density at radius 3 is 2.48 bits per heavy atom. The molecule has 1 amide bonds. The maximum atomic E-state index is 13.2. The standard InChI is InChI=1S/C24H29N3O3S/c1-16-13-17(2)23-21(14-16)31-24(25-23)27(12-11-26(3)4)22(28)10-8-18-7-9-19(29-5)20(15-18)30-6/h7-10,13-15H,11-12H2,1-6H3. The SMILES string of the molecule is COc1ccc(C=CC(=O)N(CCN(C)C)c2nc3c(C)cc(C)cc3s2)cc1OC. The average Bonchev–Trinajstić information content (AvgIpc) is 3.15. The van der Waals surface area contributed by atoms with Gasteiger partial charge in [0.15, 0.2) is 16.6 Å². The normalized spacial score (nSPS) is 11.5. The quantitative estimate of drug-likeness (QED) is 0.483. The lowest BCUT2D eigenvalue weighted by atomic mass is 10.1. The van der Waals surface area contributed by atoms with Gasteiger partial charge in [0.2, 0.25) is 0 Å². The number of aromatic nitrogens is 1. The van der Waals surface area contributed by atoms with Gasteiger partial charge in [-0.3, -0.25) is 9.69 Å². The summed E-state index contributed by atoms with van der Waals surface area (Å²) in [5.41, 5.74) is 4.13. The monoisotopic (exact) mass is 439 g/mol. The molecule has 0 aliphatic carbocycles. The summed E-state index contributed by atoms with van der Waals surface area (Å²) in [6.45, 7) is 5.43. The van der Waals surface area contributed by atoms with Crippen molar-refractivity contribution in [3.63, 3.8) is 0 Å². The van der Waals surface area contributed by atoms with Crippen molar-refractivity contribution < 1.29 is 14.3 Å². The largest absolute Gasteiger partial charge is 0.493 e. The lowest BCUT2D eigenvalue weighted by molar-refractivity contribution is -0.114. The van der Waals surface area contributed by atoms with Crippen molar-refractivity contribution in [1.82, 2.24) is 9.88 Å². The number of carbonyl (C=O) groups excluding carboxylic acids is 1. The molecular formula is C24H29N3O3S. The molecule has 0 fully saturated rings. The van der Waals surface area contributed by atoms with Crippen LogP contribution in [0, 0.1) is 13.8 Å². The molecule has 0 N–H and O–H groups in total. The van der Waals surface area contributed by atoms with Gasteiger partial charge in [-0.25, -0.2) is 4.98 Å². The Labute approximate surface area is 187 Å². The van der Waals surface area contributed by atoms with Crippen LogP contribution in [0.5, 0.6) is 11.5 Å².